The van der Waals surface area contributed by atoms with E-state index >= 15 is 0 Å². The molecule has 1 N–H and O–H groups in total. The molecule has 0 unspecified atom stereocenters. The number of anilines is 1. The molecule has 0 aliphatic rings. The van der Waals surface area contributed by atoms with E-state index in [-0.39, 0.29) is 16.4 Å². The highest BCUT2D eigenvalue weighted by atomic mass is 19.4. The van der Waals surface area contributed by atoms with Crippen molar-refractivity contribution in [3.8, 4) is 5.69 Å². The van der Waals surface area contributed by atoms with E-state index < -0.39 is 58.1 Å². The summed E-state index contributed by atoms with van der Waals surface area (Å²) < 4.78 is 117. The van der Waals surface area contributed by atoms with Gasteiger partial charge in [-0.2, -0.15) is 49.3 Å². The first-order chi connectivity index (χ1) is 15.6. The molecule has 0 saturated carbocycles. The summed E-state index contributed by atoms with van der Waals surface area (Å²) in [5, 5.41) is 5.23. The van der Waals surface area contributed by atoms with Gasteiger partial charge < -0.3 is 5.32 Å². The van der Waals surface area contributed by atoms with Crippen molar-refractivity contribution in [2.45, 2.75) is 18.5 Å². The lowest BCUT2D eigenvalue weighted by molar-refractivity contribution is -0.138. The molecule has 1 heterocycles. The molecule has 3 aromatic rings. The molecule has 0 atom stereocenters. The average Bonchev–Trinajstić information content (AvgIpc) is 2.72. The van der Waals surface area contributed by atoms with Gasteiger partial charge in [-0.25, -0.2) is 0 Å². The third kappa shape index (κ3) is 5.38. The van der Waals surface area contributed by atoms with Crippen molar-refractivity contribution in [2.75, 3.05) is 5.32 Å². The Bertz CT molecular complexity index is 1270. The number of amides is 1. The van der Waals surface area contributed by atoms with Crippen LogP contribution in [0.2, 0.25) is 0 Å². The summed E-state index contributed by atoms with van der Waals surface area (Å²) in [6.07, 6.45) is -14.8. The lowest BCUT2D eigenvalue weighted by Crippen LogP contribution is -2.30. The van der Waals surface area contributed by atoms with Crippen molar-refractivity contribution in [2.24, 2.45) is 0 Å². The molecule has 5 nitrogen and oxygen atoms in total. The molecule has 1 aromatic heterocycles. The van der Waals surface area contributed by atoms with Gasteiger partial charge in [0, 0.05) is 11.8 Å². The summed E-state index contributed by atoms with van der Waals surface area (Å²) >= 11 is 0. The minimum absolute atomic E-state index is 0.0189. The molecule has 0 fully saturated rings. The summed E-state index contributed by atoms with van der Waals surface area (Å²) in [4.78, 5) is 24.7. The predicted molar refractivity (Wildman–Crippen MR) is 99.2 cm³/mol. The molecule has 0 bridgehead atoms. The minimum atomic E-state index is -5.26. The van der Waals surface area contributed by atoms with Gasteiger partial charge in [-0.1, -0.05) is 6.07 Å². The van der Waals surface area contributed by atoms with Crippen LogP contribution in [0.4, 0.5) is 45.2 Å². The first-order valence-electron chi connectivity index (χ1n) is 8.95. The predicted octanol–water partition coefficient (Wildman–Crippen LogP) is 5.54. The van der Waals surface area contributed by atoms with Crippen LogP contribution in [0, 0.1) is 0 Å². The first kappa shape index (κ1) is 24.8. The van der Waals surface area contributed by atoms with E-state index in [1.54, 1.807) is 0 Å². The molecular formula is C20H10F9N3O2. The molecule has 0 aliphatic heterocycles. The number of nitrogens with one attached hydrogen (secondary N) is 1. The zero-order valence-corrected chi connectivity index (χ0v) is 16.3. The van der Waals surface area contributed by atoms with Gasteiger partial charge >= 0.3 is 18.5 Å². The van der Waals surface area contributed by atoms with Crippen molar-refractivity contribution in [1.29, 1.82) is 0 Å². The fraction of sp³-hybridized carbons (Fsp3) is 0.150. The maximum absolute atomic E-state index is 13.4. The lowest BCUT2D eigenvalue weighted by Gasteiger charge is -2.15. The summed E-state index contributed by atoms with van der Waals surface area (Å²) in [6.45, 7) is 0. The summed E-state index contributed by atoms with van der Waals surface area (Å²) in [7, 11) is 0. The van der Waals surface area contributed by atoms with Gasteiger partial charge in [0.05, 0.1) is 22.4 Å². The Hall–Kier alpha value is -3.84. The van der Waals surface area contributed by atoms with Crippen molar-refractivity contribution < 1.29 is 44.3 Å². The molecule has 0 spiro atoms. The first-order valence-corrected chi connectivity index (χ1v) is 8.95. The highest BCUT2D eigenvalue weighted by Crippen LogP contribution is 2.33. The molecule has 1 amide bonds. The molecule has 180 valence electrons. The zero-order chi connectivity index (χ0) is 25.5. The molecular weight excluding hydrogens is 485 g/mol. The largest absolute Gasteiger partial charge is 0.418 e. The maximum Gasteiger partial charge on any atom is 0.418 e. The van der Waals surface area contributed by atoms with E-state index in [1.165, 1.54) is 0 Å². The molecule has 14 heteroatoms. The van der Waals surface area contributed by atoms with Crippen LogP contribution in [-0.2, 0) is 18.5 Å². The number of carbonyl (C=O) groups excluding carboxylic acids is 1. The maximum atomic E-state index is 13.4. The van der Waals surface area contributed by atoms with Crippen LogP contribution in [0.3, 0.4) is 0 Å². The molecule has 0 saturated heterocycles. The number of carbonyl (C=O) groups is 1. The number of aromatic nitrogens is 2. The molecule has 0 radical (unpaired) electrons. The van der Waals surface area contributed by atoms with Crippen LogP contribution in [0.25, 0.3) is 5.69 Å². The minimum Gasteiger partial charge on any atom is -0.321 e. The highest BCUT2D eigenvalue weighted by Gasteiger charge is 2.38. The molecule has 0 aliphatic carbocycles. The van der Waals surface area contributed by atoms with Crippen LogP contribution in [0.5, 0.6) is 0 Å². The van der Waals surface area contributed by atoms with Gasteiger partial charge in [-0.15, -0.1) is 0 Å². The number of hydrogen-bond acceptors (Lipinski definition) is 3. The van der Waals surface area contributed by atoms with E-state index in [0.29, 0.717) is 24.3 Å². The SMILES string of the molecule is O=C(Nc1ccc(C(F)(F)F)cc1)c1nn(-c2cccc(C(F)(F)F)c2)c(=O)cc1C(F)(F)F. The average molecular weight is 495 g/mol. The number of halogens is 9. The Morgan fingerprint density at radius 3 is 1.88 bits per heavy atom. The van der Waals surface area contributed by atoms with E-state index in [9.17, 15) is 49.1 Å². The van der Waals surface area contributed by atoms with Crippen molar-refractivity contribution >= 4 is 11.6 Å². The highest BCUT2D eigenvalue weighted by molar-refractivity contribution is 6.03. The van der Waals surface area contributed by atoms with E-state index in [4.69, 9.17) is 0 Å². The topological polar surface area (TPSA) is 64.0 Å². The standard InChI is InChI=1S/C20H10F9N3O2/c21-18(22,23)10-4-6-12(7-5-10)30-17(34)16-14(20(27,28)29)9-15(33)32(31-16)13-3-1-2-11(8-13)19(24,25)26/h1-9H,(H,30,34). The van der Waals surface area contributed by atoms with Crippen LogP contribution in [0.15, 0.2) is 59.4 Å². The summed E-state index contributed by atoms with van der Waals surface area (Å²) in [5.74, 6) is -1.56. The third-order valence-corrected chi connectivity index (χ3v) is 4.34. The number of benzene rings is 2. The molecule has 34 heavy (non-hydrogen) atoms. The van der Waals surface area contributed by atoms with Gasteiger partial charge in [0.25, 0.3) is 11.5 Å². The Balaban J connectivity index is 2.07. The second-order valence-corrected chi connectivity index (χ2v) is 6.73. The third-order valence-electron chi connectivity index (χ3n) is 4.34. The van der Waals surface area contributed by atoms with Crippen molar-refractivity contribution in [1.82, 2.24) is 9.78 Å². The number of nitrogens with zero attached hydrogens (tertiary/aromatic N) is 2. The Labute approximate surface area is 183 Å². The van der Waals surface area contributed by atoms with Gasteiger partial charge in [0.15, 0.2) is 5.69 Å². The summed E-state index contributed by atoms with van der Waals surface area (Å²) in [6, 6.07) is 5.59. The van der Waals surface area contributed by atoms with Crippen molar-refractivity contribution in [3.63, 3.8) is 0 Å². The van der Waals surface area contributed by atoms with E-state index in [2.05, 4.69) is 5.10 Å². The van der Waals surface area contributed by atoms with Crippen LogP contribution < -0.4 is 10.9 Å². The number of rotatable bonds is 3. The lowest BCUT2D eigenvalue weighted by atomic mass is 10.1. The number of hydrogen-bond donors (Lipinski definition) is 1. The van der Waals surface area contributed by atoms with Gasteiger partial charge in [-0.3, -0.25) is 9.59 Å². The van der Waals surface area contributed by atoms with E-state index in [0.717, 1.165) is 24.3 Å². The smallest absolute Gasteiger partial charge is 0.321 e. The Kier molecular flexibility index (Phi) is 6.20. The van der Waals surface area contributed by atoms with Crippen molar-refractivity contribution in [3.05, 3.63) is 87.3 Å². The van der Waals surface area contributed by atoms with Gasteiger partial charge in [-0.05, 0) is 42.5 Å². The van der Waals surface area contributed by atoms with Crippen LogP contribution in [0.1, 0.15) is 27.2 Å². The quantitative estimate of drug-likeness (QED) is 0.486. The van der Waals surface area contributed by atoms with Gasteiger partial charge in [0.2, 0.25) is 0 Å². The van der Waals surface area contributed by atoms with Gasteiger partial charge in [0.1, 0.15) is 0 Å². The van der Waals surface area contributed by atoms with Crippen LogP contribution in [-0.4, -0.2) is 15.7 Å². The zero-order valence-electron chi connectivity index (χ0n) is 16.3. The molecule has 2 aromatic carbocycles. The number of alkyl halides is 9. The second kappa shape index (κ2) is 8.50. The second-order valence-electron chi connectivity index (χ2n) is 6.73. The Morgan fingerprint density at radius 2 is 1.35 bits per heavy atom. The fourth-order valence-corrected chi connectivity index (χ4v) is 2.77. The van der Waals surface area contributed by atoms with E-state index in [1.807, 2.05) is 5.32 Å². The summed E-state index contributed by atoms with van der Waals surface area (Å²) in [5.41, 5.74) is -7.86. The molecule has 3 rings (SSSR count). The Morgan fingerprint density at radius 1 is 0.765 bits per heavy atom. The fourth-order valence-electron chi connectivity index (χ4n) is 2.77. The van der Waals surface area contributed by atoms with Crippen LogP contribution >= 0.6 is 0 Å². The monoisotopic (exact) mass is 495 g/mol. The normalized spacial score (nSPS) is 12.5.